The number of hydrogen-bond acceptors (Lipinski definition) is 3. The van der Waals surface area contributed by atoms with Crippen LogP contribution in [0.5, 0.6) is 5.75 Å². The highest BCUT2D eigenvalue weighted by Crippen LogP contribution is 2.23. The van der Waals surface area contributed by atoms with Crippen LogP contribution in [0.4, 0.5) is 0 Å². The van der Waals surface area contributed by atoms with Gasteiger partial charge in [-0.1, -0.05) is 37.2 Å². The zero-order valence-corrected chi connectivity index (χ0v) is 12.6. The van der Waals surface area contributed by atoms with Gasteiger partial charge in [-0.15, -0.1) is 0 Å². The molecule has 1 saturated carbocycles. The van der Waals surface area contributed by atoms with E-state index in [0.717, 1.165) is 23.8 Å². The van der Waals surface area contributed by atoms with Crippen molar-refractivity contribution in [2.24, 2.45) is 11.7 Å². The van der Waals surface area contributed by atoms with Crippen molar-refractivity contribution in [2.75, 3.05) is 26.4 Å². The van der Waals surface area contributed by atoms with Crippen LogP contribution in [-0.4, -0.2) is 26.4 Å². The minimum Gasteiger partial charge on any atom is -0.491 e. The number of rotatable bonds is 6. The van der Waals surface area contributed by atoms with Crippen LogP contribution in [0.2, 0.25) is 0 Å². The molecule has 0 bridgehead atoms. The van der Waals surface area contributed by atoms with Gasteiger partial charge >= 0.3 is 0 Å². The number of benzene rings is 1. The summed E-state index contributed by atoms with van der Waals surface area (Å²) in [6.45, 7) is 2.49. The average Bonchev–Trinajstić information content (AvgIpc) is 2.54. The maximum atomic E-state index is 5.72. The third-order valence-electron chi connectivity index (χ3n) is 3.74. The minimum absolute atomic E-state index is 0.375. The van der Waals surface area contributed by atoms with E-state index in [4.69, 9.17) is 15.2 Å². The van der Waals surface area contributed by atoms with E-state index in [-0.39, 0.29) is 0 Å². The molecule has 114 valence electrons. The Balaban J connectivity index is 1.64. The largest absolute Gasteiger partial charge is 0.491 e. The van der Waals surface area contributed by atoms with Crippen molar-refractivity contribution in [1.82, 2.24) is 0 Å². The highest BCUT2D eigenvalue weighted by atomic mass is 16.5. The number of nitrogens with two attached hydrogens (primary N) is 1. The second-order valence-corrected chi connectivity index (χ2v) is 5.46. The van der Waals surface area contributed by atoms with Crippen LogP contribution in [0, 0.1) is 17.8 Å². The summed E-state index contributed by atoms with van der Waals surface area (Å²) in [7, 11) is 0. The smallest absolute Gasteiger partial charge is 0.120 e. The first-order chi connectivity index (χ1) is 10.4. The first-order valence-electron chi connectivity index (χ1n) is 7.88. The lowest BCUT2D eigenvalue weighted by Gasteiger charge is -2.21. The second kappa shape index (κ2) is 9.44. The molecule has 1 aliphatic rings. The Morgan fingerprint density at radius 1 is 1.14 bits per heavy atom. The zero-order valence-electron chi connectivity index (χ0n) is 12.6. The Morgan fingerprint density at radius 2 is 2.00 bits per heavy atom. The maximum absolute atomic E-state index is 5.72. The van der Waals surface area contributed by atoms with E-state index in [1.54, 1.807) is 0 Å². The van der Waals surface area contributed by atoms with E-state index in [0.29, 0.717) is 19.8 Å². The van der Waals surface area contributed by atoms with Crippen LogP contribution in [0.1, 0.15) is 37.7 Å². The molecule has 3 heteroatoms. The van der Waals surface area contributed by atoms with Crippen molar-refractivity contribution in [3.8, 4) is 17.6 Å². The summed E-state index contributed by atoms with van der Waals surface area (Å²) in [4.78, 5) is 0. The molecule has 0 heterocycles. The molecule has 0 unspecified atom stereocenters. The predicted molar refractivity (Wildman–Crippen MR) is 85.3 cm³/mol. The van der Waals surface area contributed by atoms with Crippen LogP contribution < -0.4 is 10.5 Å². The highest BCUT2D eigenvalue weighted by Gasteiger charge is 2.12. The summed E-state index contributed by atoms with van der Waals surface area (Å²) in [6, 6.07) is 7.77. The fourth-order valence-corrected chi connectivity index (χ4v) is 2.64. The summed E-state index contributed by atoms with van der Waals surface area (Å²) in [5.74, 6) is 7.44. The van der Waals surface area contributed by atoms with Crippen molar-refractivity contribution in [2.45, 2.75) is 32.1 Å². The summed E-state index contributed by atoms with van der Waals surface area (Å²) in [5.41, 5.74) is 6.30. The van der Waals surface area contributed by atoms with E-state index in [1.807, 2.05) is 24.3 Å². The Kier molecular flexibility index (Phi) is 7.14. The van der Waals surface area contributed by atoms with Gasteiger partial charge in [-0.2, -0.15) is 0 Å². The summed E-state index contributed by atoms with van der Waals surface area (Å²) in [6.07, 6.45) is 6.76. The van der Waals surface area contributed by atoms with E-state index in [9.17, 15) is 0 Å². The Bertz CT molecular complexity index is 470. The maximum Gasteiger partial charge on any atom is 0.120 e. The lowest BCUT2D eigenvalue weighted by molar-refractivity contribution is 0.0635. The molecular weight excluding hydrogens is 262 g/mol. The molecule has 1 aliphatic carbocycles. The predicted octanol–water partition coefficient (Wildman–Crippen LogP) is 2.97. The standard InChI is InChI=1S/C18H25NO2/c19-11-5-9-16-8-4-10-18(14-16)21-13-12-20-15-17-6-2-1-3-7-17/h4,8,10,14,17H,1-3,6-7,11-13,15,19H2. The van der Waals surface area contributed by atoms with Gasteiger partial charge in [0, 0.05) is 12.2 Å². The minimum atomic E-state index is 0.375. The van der Waals surface area contributed by atoms with E-state index in [2.05, 4.69) is 11.8 Å². The second-order valence-electron chi connectivity index (χ2n) is 5.46. The molecule has 3 nitrogen and oxygen atoms in total. The van der Waals surface area contributed by atoms with Crippen LogP contribution in [0.15, 0.2) is 24.3 Å². The first-order valence-corrected chi connectivity index (χ1v) is 7.88. The molecular formula is C18H25NO2. The average molecular weight is 287 g/mol. The number of ether oxygens (including phenoxy) is 2. The molecule has 1 fully saturated rings. The summed E-state index contributed by atoms with van der Waals surface area (Å²) < 4.78 is 11.4. The molecule has 21 heavy (non-hydrogen) atoms. The van der Waals surface area contributed by atoms with Crippen molar-refractivity contribution < 1.29 is 9.47 Å². The summed E-state index contributed by atoms with van der Waals surface area (Å²) in [5, 5.41) is 0. The Labute approximate surface area is 127 Å². The quantitative estimate of drug-likeness (QED) is 0.646. The first kappa shape index (κ1) is 15.9. The fraction of sp³-hybridized carbons (Fsp3) is 0.556. The van der Waals surface area contributed by atoms with Crippen LogP contribution in [0.3, 0.4) is 0 Å². The molecule has 0 saturated heterocycles. The molecule has 0 amide bonds. The van der Waals surface area contributed by atoms with Gasteiger partial charge in [-0.25, -0.2) is 0 Å². The van der Waals surface area contributed by atoms with Gasteiger partial charge in [-0.3, -0.25) is 0 Å². The third-order valence-corrected chi connectivity index (χ3v) is 3.74. The number of hydrogen-bond donors (Lipinski definition) is 1. The van der Waals surface area contributed by atoms with Crippen LogP contribution >= 0.6 is 0 Å². The molecule has 0 spiro atoms. The molecule has 0 atom stereocenters. The molecule has 2 N–H and O–H groups in total. The van der Waals surface area contributed by atoms with E-state index >= 15 is 0 Å². The van der Waals surface area contributed by atoms with Gasteiger partial charge in [0.15, 0.2) is 0 Å². The SMILES string of the molecule is NCC#Cc1cccc(OCCOCC2CCCCC2)c1. The fourth-order valence-electron chi connectivity index (χ4n) is 2.64. The molecule has 0 aliphatic heterocycles. The van der Waals surface area contributed by atoms with Crippen LogP contribution in [-0.2, 0) is 4.74 Å². The topological polar surface area (TPSA) is 44.5 Å². The van der Waals surface area contributed by atoms with Gasteiger partial charge in [0.25, 0.3) is 0 Å². The monoisotopic (exact) mass is 287 g/mol. The lowest BCUT2D eigenvalue weighted by atomic mass is 9.90. The molecule has 1 aromatic rings. The van der Waals surface area contributed by atoms with Gasteiger partial charge in [0.1, 0.15) is 12.4 Å². The zero-order chi connectivity index (χ0) is 14.8. The van der Waals surface area contributed by atoms with Gasteiger partial charge < -0.3 is 15.2 Å². The lowest BCUT2D eigenvalue weighted by Crippen LogP contribution is -2.16. The molecule has 1 aromatic carbocycles. The van der Waals surface area contributed by atoms with Crippen molar-refractivity contribution >= 4 is 0 Å². The van der Waals surface area contributed by atoms with Crippen molar-refractivity contribution in [1.29, 1.82) is 0 Å². The third kappa shape index (κ3) is 6.20. The highest BCUT2D eigenvalue weighted by molar-refractivity contribution is 5.39. The normalized spacial score (nSPS) is 15.3. The molecule has 2 rings (SSSR count). The molecule has 0 aromatic heterocycles. The van der Waals surface area contributed by atoms with E-state index in [1.165, 1.54) is 32.1 Å². The van der Waals surface area contributed by atoms with E-state index < -0.39 is 0 Å². The van der Waals surface area contributed by atoms with Gasteiger partial charge in [-0.05, 0) is 37.0 Å². The van der Waals surface area contributed by atoms with Crippen molar-refractivity contribution in [3.05, 3.63) is 29.8 Å². The van der Waals surface area contributed by atoms with Crippen molar-refractivity contribution in [3.63, 3.8) is 0 Å². The summed E-state index contributed by atoms with van der Waals surface area (Å²) >= 11 is 0. The Morgan fingerprint density at radius 3 is 2.81 bits per heavy atom. The van der Waals surface area contributed by atoms with Gasteiger partial charge in [0.2, 0.25) is 0 Å². The molecule has 0 radical (unpaired) electrons. The van der Waals surface area contributed by atoms with Crippen LogP contribution in [0.25, 0.3) is 0 Å². The van der Waals surface area contributed by atoms with Gasteiger partial charge in [0.05, 0.1) is 13.2 Å². The Hall–Kier alpha value is -1.50.